The van der Waals surface area contributed by atoms with Crippen LogP contribution in [0.15, 0.2) is 0 Å². The maximum Gasteiger partial charge on any atom is 0.0546 e. The average molecular weight is 256 g/mol. The Morgan fingerprint density at radius 2 is 1.94 bits per heavy atom. The number of nitrogens with one attached hydrogen (secondary N) is 1. The van der Waals surface area contributed by atoms with Crippen LogP contribution in [0.25, 0.3) is 0 Å². The molecule has 0 bridgehead atoms. The second-order valence-corrected chi connectivity index (χ2v) is 7.38. The lowest BCUT2D eigenvalue weighted by Crippen LogP contribution is -2.43. The molecule has 0 aromatic carbocycles. The molecule has 0 aromatic heterocycles. The van der Waals surface area contributed by atoms with Gasteiger partial charge >= 0.3 is 0 Å². The first-order chi connectivity index (χ1) is 8.28. The molecule has 1 aliphatic rings. The number of rotatable bonds is 8. The third-order valence-corrected chi connectivity index (χ3v) is 3.63. The molecule has 1 rings (SSSR count). The van der Waals surface area contributed by atoms with Crippen LogP contribution in [0.2, 0.25) is 0 Å². The molecule has 0 radical (unpaired) electrons. The van der Waals surface area contributed by atoms with Crippen molar-refractivity contribution in [1.29, 1.82) is 0 Å². The summed E-state index contributed by atoms with van der Waals surface area (Å²) < 4.78 is 0. The van der Waals surface area contributed by atoms with Gasteiger partial charge in [-0.1, -0.05) is 27.7 Å². The number of hydrogen-bond donors (Lipinski definition) is 2. The van der Waals surface area contributed by atoms with Crippen molar-refractivity contribution in [3.8, 4) is 0 Å². The summed E-state index contributed by atoms with van der Waals surface area (Å²) in [5.74, 6) is 1.43. The molecule has 18 heavy (non-hydrogen) atoms. The zero-order valence-corrected chi connectivity index (χ0v) is 12.9. The normalized spacial score (nSPS) is 24.7. The van der Waals surface area contributed by atoms with Gasteiger partial charge in [-0.05, 0) is 43.7 Å². The number of aliphatic hydroxyl groups is 1. The second kappa shape index (κ2) is 6.88. The van der Waals surface area contributed by atoms with Gasteiger partial charge in [-0.25, -0.2) is 0 Å². The van der Waals surface area contributed by atoms with Gasteiger partial charge in [-0.3, -0.25) is 0 Å². The van der Waals surface area contributed by atoms with Gasteiger partial charge in [0, 0.05) is 19.6 Å². The molecule has 0 aromatic rings. The molecule has 0 saturated heterocycles. The number of hydrogen-bond acceptors (Lipinski definition) is 3. The molecule has 0 atom stereocenters. The van der Waals surface area contributed by atoms with Gasteiger partial charge in [-0.15, -0.1) is 0 Å². The van der Waals surface area contributed by atoms with Crippen molar-refractivity contribution in [1.82, 2.24) is 10.2 Å². The lowest BCUT2D eigenvalue weighted by molar-refractivity contribution is 0.0235. The highest BCUT2D eigenvalue weighted by Crippen LogP contribution is 2.28. The smallest absolute Gasteiger partial charge is 0.0546 e. The maximum atomic E-state index is 9.30. The lowest BCUT2D eigenvalue weighted by atomic mass is 9.82. The van der Waals surface area contributed by atoms with Crippen LogP contribution in [0.3, 0.4) is 0 Å². The first kappa shape index (κ1) is 15.9. The Morgan fingerprint density at radius 1 is 1.33 bits per heavy atom. The summed E-state index contributed by atoms with van der Waals surface area (Å²) in [5, 5.41) is 12.9. The van der Waals surface area contributed by atoms with E-state index in [0.717, 1.165) is 44.9 Å². The van der Waals surface area contributed by atoms with Crippen LogP contribution in [-0.4, -0.2) is 49.3 Å². The molecular weight excluding hydrogens is 224 g/mol. The highest BCUT2D eigenvalue weighted by Gasteiger charge is 2.29. The Labute approximate surface area is 113 Å². The minimum atomic E-state index is -0.0240. The molecule has 0 heterocycles. The molecule has 3 nitrogen and oxygen atoms in total. The first-order valence-electron chi connectivity index (χ1n) is 7.36. The summed E-state index contributed by atoms with van der Waals surface area (Å²) in [4.78, 5) is 2.42. The van der Waals surface area contributed by atoms with E-state index in [2.05, 4.69) is 45.0 Å². The quantitative estimate of drug-likeness (QED) is 0.697. The maximum absolute atomic E-state index is 9.30. The molecule has 0 unspecified atom stereocenters. The Balaban J connectivity index is 2.17. The Morgan fingerprint density at radius 3 is 2.44 bits per heavy atom. The first-order valence-corrected chi connectivity index (χ1v) is 7.36. The molecule has 3 heteroatoms. The van der Waals surface area contributed by atoms with Gasteiger partial charge in [0.05, 0.1) is 6.10 Å². The van der Waals surface area contributed by atoms with E-state index in [1.165, 1.54) is 0 Å². The lowest BCUT2D eigenvalue weighted by Gasteiger charge is -2.37. The molecule has 108 valence electrons. The predicted molar refractivity (Wildman–Crippen MR) is 77.7 cm³/mol. The van der Waals surface area contributed by atoms with Crippen LogP contribution < -0.4 is 5.32 Å². The SMILES string of the molecule is CC(C)CNCC(C)(C)CN(C)CC1CC(O)C1. The minimum Gasteiger partial charge on any atom is -0.393 e. The zero-order chi connectivity index (χ0) is 13.8. The minimum absolute atomic E-state index is 0.0240. The topological polar surface area (TPSA) is 35.5 Å². The van der Waals surface area contributed by atoms with Crippen molar-refractivity contribution in [3.63, 3.8) is 0 Å². The molecule has 1 fully saturated rings. The predicted octanol–water partition coefficient (Wildman–Crippen LogP) is 1.96. The fourth-order valence-corrected chi connectivity index (χ4v) is 2.84. The van der Waals surface area contributed by atoms with Gasteiger partial charge in [0.1, 0.15) is 0 Å². The van der Waals surface area contributed by atoms with E-state index in [9.17, 15) is 5.11 Å². The van der Waals surface area contributed by atoms with Gasteiger partial charge in [0.2, 0.25) is 0 Å². The van der Waals surface area contributed by atoms with E-state index in [4.69, 9.17) is 0 Å². The summed E-state index contributed by atoms with van der Waals surface area (Å²) in [6.45, 7) is 13.6. The summed E-state index contributed by atoms with van der Waals surface area (Å²) >= 11 is 0. The van der Waals surface area contributed by atoms with Gasteiger partial charge in [-0.2, -0.15) is 0 Å². The molecular formula is C15H32N2O. The van der Waals surface area contributed by atoms with Crippen LogP contribution in [0.4, 0.5) is 0 Å². The third kappa shape index (κ3) is 6.17. The van der Waals surface area contributed by atoms with Crippen molar-refractivity contribution in [3.05, 3.63) is 0 Å². The summed E-state index contributed by atoms with van der Waals surface area (Å²) in [6.07, 6.45) is 1.97. The Kier molecular flexibility index (Phi) is 6.09. The highest BCUT2D eigenvalue weighted by atomic mass is 16.3. The van der Waals surface area contributed by atoms with Gasteiger partial charge in [0.15, 0.2) is 0 Å². The fraction of sp³-hybridized carbons (Fsp3) is 1.00. The number of nitrogens with zero attached hydrogens (tertiary/aromatic N) is 1. The summed E-state index contributed by atoms with van der Waals surface area (Å²) in [6, 6.07) is 0. The van der Waals surface area contributed by atoms with Crippen LogP contribution in [0.1, 0.15) is 40.5 Å². The molecule has 2 N–H and O–H groups in total. The van der Waals surface area contributed by atoms with E-state index in [-0.39, 0.29) is 6.10 Å². The molecule has 0 amide bonds. The molecule has 1 aliphatic carbocycles. The number of aliphatic hydroxyl groups excluding tert-OH is 1. The molecule has 0 aliphatic heterocycles. The molecule has 1 saturated carbocycles. The van der Waals surface area contributed by atoms with Crippen LogP contribution in [0, 0.1) is 17.3 Å². The monoisotopic (exact) mass is 256 g/mol. The largest absolute Gasteiger partial charge is 0.393 e. The van der Waals surface area contributed by atoms with E-state index >= 15 is 0 Å². The Bertz CT molecular complexity index is 235. The van der Waals surface area contributed by atoms with Crippen molar-refractivity contribution in [2.45, 2.75) is 46.6 Å². The van der Waals surface area contributed by atoms with Crippen LogP contribution in [0.5, 0.6) is 0 Å². The molecule has 0 spiro atoms. The van der Waals surface area contributed by atoms with Crippen molar-refractivity contribution in [2.75, 3.05) is 33.2 Å². The van der Waals surface area contributed by atoms with Gasteiger partial charge in [0.25, 0.3) is 0 Å². The third-order valence-electron chi connectivity index (χ3n) is 3.63. The summed E-state index contributed by atoms with van der Waals surface area (Å²) in [5.41, 5.74) is 0.312. The zero-order valence-electron chi connectivity index (χ0n) is 12.9. The summed E-state index contributed by atoms with van der Waals surface area (Å²) in [7, 11) is 2.20. The van der Waals surface area contributed by atoms with Crippen molar-refractivity contribution >= 4 is 0 Å². The van der Waals surface area contributed by atoms with E-state index < -0.39 is 0 Å². The van der Waals surface area contributed by atoms with Crippen molar-refractivity contribution < 1.29 is 5.11 Å². The second-order valence-electron chi connectivity index (χ2n) is 7.38. The van der Waals surface area contributed by atoms with Crippen molar-refractivity contribution in [2.24, 2.45) is 17.3 Å². The standard InChI is InChI=1S/C15H32N2O/c1-12(2)8-16-10-15(3,4)11-17(5)9-13-6-14(18)7-13/h12-14,16,18H,6-11H2,1-5H3. The van der Waals surface area contributed by atoms with Gasteiger partial charge < -0.3 is 15.3 Å². The van der Waals surface area contributed by atoms with E-state index in [1.54, 1.807) is 0 Å². The Hall–Kier alpha value is -0.120. The fourth-order valence-electron chi connectivity index (χ4n) is 2.84. The van der Waals surface area contributed by atoms with Crippen LogP contribution in [-0.2, 0) is 0 Å². The average Bonchev–Trinajstić information content (AvgIpc) is 2.12. The van der Waals surface area contributed by atoms with E-state index in [0.29, 0.717) is 11.3 Å². The van der Waals surface area contributed by atoms with E-state index in [1.807, 2.05) is 0 Å². The highest BCUT2D eigenvalue weighted by molar-refractivity contribution is 4.82. The van der Waals surface area contributed by atoms with Crippen LogP contribution >= 0.6 is 0 Å².